The summed E-state index contributed by atoms with van der Waals surface area (Å²) in [5, 5.41) is 0. The van der Waals surface area contributed by atoms with Gasteiger partial charge in [-0.05, 0) is 12.5 Å². The van der Waals surface area contributed by atoms with Crippen LogP contribution < -0.4 is 5.48 Å². The largest absolute Gasteiger partial charge is 0.297 e. The summed E-state index contributed by atoms with van der Waals surface area (Å²) in [5.74, 6) is 0. The lowest BCUT2D eigenvalue weighted by Crippen LogP contribution is -2.31. The van der Waals surface area contributed by atoms with Gasteiger partial charge in [-0.25, -0.2) is 0 Å². The van der Waals surface area contributed by atoms with E-state index >= 15 is 0 Å². The van der Waals surface area contributed by atoms with Crippen LogP contribution in [0.5, 0.6) is 0 Å². The summed E-state index contributed by atoms with van der Waals surface area (Å²) < 4.78 is 26.1. The van der Waals surface area contributed by atoms with Crippen LogP contribution >= 0.6 is 0 Å². The number of rotatable bonds is 7. The van der Waals surface area contributed by atoms with Gasteiger partial charge in [-0.15, -0.1) is 0 Å². The van der Waals surface area contributed by atoms with E-state index in [9.17, 15) is 8.42 Å². The van der Waals surface area contributed by atoms with Gasteiger partial charge in [-0.2, -0.15) is 13.9 Å². The Balaban J connectivity index is 2.18. The van der Waals surface area contributed by atoms with E-state index < -0.39 is 10.1 Å². The summed E-state index contributed by atoms with van der Waals surface area (Å²) in [6, 6.07) is 9.47. The minimum atomic E-state index is -3.39. The maximum Gasteiger partial charge on any atom is 0.264 e. The van der Waals surface area contributed by atoms with Crippen LogP contribution in [0.25, 0.3) is 0 Å². The minimum Gasteiger partial charge on any atom is -0.297 e. The molecule has 1 aromatic rings. The first-order valence-electron chi connectivity index (χ1n) is 5.23. The molecule has 0 spiro atoms. The zero-order valence-corrected chi connectivity index (χ0v) is 10.7. The number of hydrogen-bond donors (Lipinski definition) is 1. The Morgan fingerprint density at radius 1 is 1.29 bits per heavy atom. The molecule has 0 heterocycles. The van der Waals surface area contributed by atoms with E-state index in [-0.39, 0.29) is 12.6 Å². The molecule has 0 aliphatic rings. The molecule has 1 atom stereocenters. The van der Waals surface area contributed by atoms with Gasteiger partial charge in [0.2, 0.25) is 0 Å². The summed E-state index contributed by atoms with van der Waals surface area (Å²) in [4.78, 5) is 5.22. The molecule has 6 heteroatoms. The second-order valence-electron chi connectivity index (χ2n) is 3.78. The fourth-order valence-electron chi connectivity index (χ4n) is 1.10. The predicted octanol–water partition coefficient (Wildman–Crippen LogP) is 1.07. The van der Waals surface area contributed by atoms with Crippen molar-refractivity contribution in [2.45, 2.75) is 19.6 Å². The predicted molar refractivity (Wildman–Crippen MR) is 64.6 cm³/mol. The molecule has 0 aromatic heterocycles. The second-order valence-corrected chi connectivity index (χ2v) is 5.43. The molecule has 96 valence electrons. The van der Waals surface area contributed by atoms with Gasteiger partial charge >= 0.3 is 0 Å². The van der Waals surface area contributed by atoms with E-state index in [1.165, 1.54) is 0 Å². The fourth-order valence-corrected chi connectivity index (χ4v) is 1.55. The summed E-state index contributed by atoms with van der Waals surface area (Å²) >= 11 is 0. The average Bonchev–Trinajstić information content (AvgIpc) is 2.27. The summed E-state index contributed by atoms with van der Waals surface area (Å²) in [5.41, 5.74) is 3.75. The third kappa shape index (κ3) is 7.06. The van der Waals surface area contributed by atoms with Crippen LogP contribution in [0.3, 0.4) is 0 Å². The van der Waals surface area contributed by atoms with Crippen molar-refractivity contribution in [3.8, 4) is 0 Å². The van der Waals surface area contributed by atoms with Gasteiger partial charge < -0.3 is 0 Å². The van der Waals surface area contributed by atoms with Crippen LogP contribution in [0.2, 0.25) is 0 Å². The first-order valence-corrected chi connectivity index (χ1v) is 7.04. The zero-order chi connectivity index (χ0) is 12.7. The molecular formula is C11H17NO4S. The maximum atomic E-state index is 10.7. The molecule has 0 saturated carbocycles. The van der Waals surface area contributed by atoms with Crippen LogP contribution in [0.15, 0.2) is 30.3 Å². The first kappa shape index (κ1) is 14.1. The highest BCUT2D eigenvalue weighted by Gasteiger charge is 2.07. The van der Waals surface area contributed by atoms with Crippen molar-refractivity contribution in [2.75, 3.05) is 12.9 Å². The minimum absolute atomic E-state index is 0.0492. The summed E-state index contributed by atoms with van der Waals surface area (Å²) in [6.07, 6.45) is 1.02. The molecule has 0 bridgehead atoms. The van der Waals surface area contributed by atoms with Gasteiger partial charge in [0.1, 0.15) is 0 Å². The molecule has 1 aromatic carbocycles. The Hall–Kier alpha value is -0.950. The van der Waals surface area contributed by atoms with Crippen molar-refractivity contribution in [3.63, 3.8) is 0 Å². The molecule has 17 heavy (non-hydrogen) atoms. The maximum absolute atomic E-state index is 10.7. The quantitative estimate of drug-likeness (QED) is 0.586. The highest BCUT2D eigenvalue weighted by atomic mass is 32.2. The van der Waals surface area contributed by atoms with Gasteiger partial charge in [0, 0.05) is 0 Å². The van der Waals surface area contributed by atoms with Gasteiger partial charge in [0.15, 0.2) is 0 Å². The van der Waals surface area contributed by atoms with E-state index in [2.05, 4.69) is 9.66 Å². The summed E-state index contributed by atoms with van der Waals surface area (Å²) in [6.45, 7) is 2.24. The molecule has 0 radical (unpaired) electrons. The third-order valence-electron chi connectivity index (χ3n) is 1.90. The fraction of sp³-hybridized carbons (Fsp3) is 0.455. The van der Waals surface area contributed by atoms with E-state index in [1.54, 1.807) is 6.92 Å². The van der Waals surface area contributed by atoms with Crippen LogP contribution in [0.4, 0.5) is 0 Å². The Morgan fingerprint density at radius 2 is 1.94 bits per heavy atom. The van der Waals surface area contributed by atoms with E-state index in [4.69, 9.17) is 4.84 Å². The highest BCUT2D eigenvalue weighted by Crippen LogP contribution is 1.99. The van der Waals surface area contributed by atoms with Gasteiger partial charge in [0.05, 0.1) is 25.5 Å². The summed E-state index contributed by atoms with van der Waals surface area (Å²) in [7, 11) is -3.39. The van der Waals surface area contributed by atoms with Crippen molar-refractivity contribution >= 4 is 10.1 Å². The van der Waals surface area contributed by atoms with Crippen molar-refractivity contribution in [1.82, 2.24) is 5.48 Å². The van der Waals surface area contributed by atoms with Gasteiger partial charge in [-0.3, -0.25) is 9.02 Å². The lowest BCUT2D eigenvalue weighted by molar-refractivity contribution is -0.00169. The van der Waals surface area contributed by atoms with Crippen LogP contribution in [-0.2, 0) is 25.7 Å². The van der Waals surface area contributed by atoms with Crippen molar-refractivity contribution in [3.05, 3.63) is 35.9 Å². The Labute approximate surface area is 102 Å². The molecule has 1 N–H and O–H groups in total. The number of hydroxylamine groups is 1. The molecule has 0 saturated heterocycles. The van der Waals surface area contributed by atoms with Gasteiger partial charge in [0.25, 0.3) is 10.1 Å². The van der Waals surface area contributed by atoms with Crippen molar-refractivity contribution < 1.29 is 17.4 Å². The van der Waals surface area contributed by atoms with Crippen molar-refractivity contribution in [1.29, 1.82) is 0 Å². The zero-order valence-electron chi connectivity index (χ0n) is 9.92. The Morgan fingerprint density at radius 3 is 2.53 bits per heavy atom. The molecule has 5 nitrogen and oxygen atoms in total. The number of hydrogen-bond acceptors (Lipinski definition) is 5. The first-order chi connectivity index (χ1) is 7.97. The van der Waals surface area contributed by atoms with Crippen LogP contribution in [-0.4, -0.2) is 27.3 Å². The molecule has 0 amide bonds. The Bertz CT molecular complexity index is 418. The lowest BCUT2D eigenvalue weighted by atomic mass is 10.2. The molecule has 0 aliphatic heterocycles. The van der Waals surface area contributed by atoms with Crippen LogP contribution in [0, 0.1) is 0 Å². The normalized spacial score (nSPS) is 13.5. The van der Waals surface area contributed by atoms with Crippen LogP contribution in [0.1, 0.15) is 12.5 Å². The third-order valence-corrected chi connectivity index (χ3v) is 2.46. The van der Waals surface area contributed by atoms with Crippen molar-refractivity contribution in [2.24, 2.45) is 0 Å². The van der Waals surface area contributed by atoms with E-state index in [1.807, 2.05) is 30.3 Å². The topological polar surface area (TPSA) is 64.6 Å². The Kier molecular flexibility index (Phi) is 5.57. The monoisotopic (exact) mass is 259 g/mol. The SMILES string of the molecule is CC(COS(C)(=O)=O)NOCc1ccccc1. The second kappa shape index (κ2) is 6.70. The molecule has 1 unspecified atom stereocenters. The lowest BCUT2D eigenvalue weighted by Gasteiger charge is -2.13. The molecule has 1 rings (SSSR count). The molecular weight excluding hydrogens is 242 g/mol. The number of nitrogens with one attached hydrogen (secondary N) is 1. The van der Waals surface area contributed by atoms with E-state index in [0.717, 1.165) is 11.8 Å². The number of benzene rings is 1. The average molecular weight is 259 g/mol. The molecule has 0 fully saturated rings. The molecule has 0 aliphatic carbocycles. The van der Waals surface area contributed by atoms with E-state index in [0.29, 0.717) is 6.61 Å². The van der Waals surface area contributed by atoms with Gasteiger partial charge in [-0.1, -0.05) is 30.3 Å². The highest BCUT2D eigenvalue weighted by molar-refractivity contribution is 7.85. The standard InChI is InChI=1S/C11H17NO4S/c1-10(8-16-17(2,13)14)12-15-9-11-6-4-3-5-7-11/h3-7,10,12H,8-9H2,1-2H3. The smallest absolute Gasteiger partial charge is 0.264 e.